The summed E-state index contributed by atoms with van der Waals surface area (Å²) in [5.41, 5.74) is 1.81. The van der Waals surface area contributed by atoms with Crippen molar-refractivity contribution in [3.05, 3.63) is 90.0 Å². The summed E-state index contributed by atoms with van der Waals surface area (Å²) in [5.74, 6) is 0.870. The number of hydrogen-bond acceptors (Lipinski definition) is 5. The van der Waals surface area contributed by atoms with E-state index in [0.717, 1.165) is 16.9 Å². The second kappa shape index (κ2) is 10.8. The van der Waals surface area contributed by atoms with Crippen LogP contribution in [0.1, 0.15) is 24.1 Å². The second-order valence-electron chi connectivity index (χ2n) is 7.14. The molecule has 0 unspecified atom stereocenters. The molecule has 8 heteroatoms. The lowest BCUT2D eigenvalue weighted by Crippen LogP contribution is -2.28. The Labute approximate surface area is 188 Å². The van der Waals surface area contributed by atoms with E-state index in [2.05, 4.69) is 10.0 Å². The maximum Gasteiger partial charge on any atom is 0.258 e. The first-order chi connectivity index (χ1) is 15.4. The summed E-state index contributed by atoms with van der Waals surface area (Å²) in [4.78, 5) is 12.2. The zero-order valence-corrected chi connectivity index (χ0v) is 18.8. The molecule has 3 rings (SSSR count). The number of hydrogen-bond donors (Lipinski definition) is 2. The van der Waals surface area contributed by atoms with Crippen molar-refractivity contribution in [1.82, 2.24) is 10.0 Å². The molecule has 0 spiro atoms. The minimum atomic E-state index is -3.69. The van der Waals surface area contributed by atoms with Gasteiger partial charge in [-0.05, 0) is 54.4 Å². The van der Waals surface area contributed by atoms with Gasteiger partial charge in [-0.25, -0.2) is 13.1 Å². The zero-order chi connectivity index (χ0) is 23.0. The number of amides is 1. The molecule has 0 bridgehead atoms. The molecule has 0 aliphatic heterocycles. The number of methoxy groups -OCH3 is 1. The maximum atomic E-state index is 12.6. The SMILES string of the molecule is COc1ccc(CNC(=O)COc2ccc(S(=O)(=O)N[C@H](C)c3ccccc3)cc2)cc1. The van der Waals surface area contributed by atoms with Crippen LogP contribution in [-0.2, 0) is 21.4 Å². The largest absolute Gasteiger partial charge is 0.497 e. The molecule has 168 valence electrons. The Morgan fingerprint density at radius 1 is 0.906 bits per heavy atom. The van der Waals surface area contributed by atoms with Crippen LogP contribution in [0.25, 0.3) is 0 Å². The van der Waals surface area contributed by atoms with Gasteiger partial charge in [0, 0.05) is 12.6 Å². The standard InChI is InChI=1S/C24H26N2O5S/c1-18(20-6-4-3-5-7-20)26-32(28,29)23-14-12-22(13-15-23)31-17-24(27)25-16-19-8-10-21(30-2)11-9-19/h3-15,18,26H,16-17H2,1-2H3,(H,25,27)/t18-/m1/s1. The van der Waals surface area contributed by atoms with Gasteiger partial charge in [0.1, 0.15) is 11.5 Å². The maximum absolute atomic E-state index is 12.6. The number of ether oxygens (including phenoxy) is 2. The minimum absolute atomic E-state index is 0.122. The van der Waals surface area contributed by atoms with Gasteiger partial charge < -0.3 is 14.8 Å². The number of benzene rings is 3. The molecule has 1 atom stereocenters. The minimum Gasteiger partial charge on any atom is -0.497 e. The van der Waals surface area contributed by atoms with Crippen molar-refractivity contribution in [3.63, 3.8) is 0 Å². The Morgan fingerprint density at radius 2 is 1.53 bits per heavy atom. The van der Waals surface area contributed by atoms with Gasteiger partial charge in [0.15, 0.2) is 6.61 Å². The Bertz CT molecular complexity index is 1120. The highest BCUT2D eigenvalue weighted by atomic mass is 32.2. The molecule has 0 saturated carbocycles. The molecule has 32 heavy (non-hydrogen) atoms. The van der Waals surface area contributed by atoms with Crippen molar-refractivity contribution in [2.24, 2.45) is 0 Å². The summed E-state index contributed by atoms with van der Waals surface area (Å²) < 4.78 is 38.5. The predicted molar refractivity (Wildman–Crippen MR) is 122 cm³/mol. The van der Waals surface area contributed by atoms with Crippen molar-refractivity contribution in [1.29, 1.82) is 0 Å². The molecular formula is C24H26N2O5S. The third kappa shape index (κ3) is 6.57. The fourth-order valence-electron chi connectivity index (χ4n) is 2.97. The third-order valence-corrected chi connectivity index (χ3v) is 6.34. The second-order valence-corrected chi connectivity index (χ2v) is 8.85. The molecule has 2 N–H and O–H groups in total. The summed E-state index contributed by atoms with van der Waals surface area (Å²) in [6.45, 7) is 1.98. The van der Waals surface area contributed by atoms with Crippen molar-refractivity contribution in [3.8, 4) is 11.5 Å². The van der Waals surface area contributed by atoms with E-state index < -0.39 is 10.0 Å². The lowest BCUT2D eigenvalue weighted by Gasteiger charge is -2.15. The fraction of sp³-hybridized carbons (Fsp3) is 0.208. The molecule has 0 fully saturated rings. The van der Waals surface area contributed by atoms with Gasteiger partial charge in [-0.3, -0.25) is 4.79 Å². The van der Waals surface area contributed by atoms with Crippen molar-refractivity contribution in [2.45, 2.75) is 24.4 Å². The Morgan fingerprint density at radius 3 is 2.16 bits per heavy atom. The van der Waals surface area contributed by atoms with Crippen molar-refractivity contribution < 1.29 is 22.7 Å². The van der Waals surface area contributed by atoms with E-state index in [9.17, 15) is 13.2 Å². The quantitative estimate of drug-likeness (QED) is 0.490. The molecule has 0 aliphatic rings. The highest BCUT2D eigenvalue weighted by molar-refractivity contribution is 7.89. The first kappa shape index (κ1) is 23.3. The fourth-order valence-corrected chi connectivity index (χ4v) is 4.20. The van der Waals surface area contributed by atoms with Crippen LogP contribution < -0.4 is 19.5 Å². The van der Waals surface area contributed by atoms with Gasteiger partial charge in [0.2, 0.25) is 10.0 Å². The van der Waals surface area contributed by atoms with Crippen LogP contribution in [0.5, 0.6) is 11.5 Å². The number of carbonyl (C=O) groups excluding carboxylic acids is 1. The van der Waals surface area contributed by atoms with Crippen LogP contribution in [0.4, 0.5) is 0 Å². The smallest absolute Gasteiger partial charge is 0.258 e. The van der Waals surface area contributed by atoms with E-state index in [4.69, 9.17) is 9.47 Å². The highest BCUT2D eigenvalue weighted by Gasteiger charge is 2.18. The summed E-state index contributed by atoms with van der Waals surface area (Å²) in [6.07, 6.45) is 0. The average molecular weight is 455 g/mol. The summed E-state index contributed by atoms with van der Waals surface area (Å²) >= 11 is 0. The van der Waals surface area contributed by atoms with Crippen LogP contribution in [0.15, 0.2) is 83.8 Å². The molecule has 0 aromatic heterocycles. The van der Waals surface area contributed by atoms with E-state index in [-0.39, 0.29) is 23.5 Å². The van der Waals surface area contributed by atoms with Crippen molar-refractivity contribution in [2.75, 3.05) is 13.7 Å². The summed E-state index contributed by atoms with van der Waals surface area (Å²) in [6, 6.07) is 22.3. The molecule has 3 aromatic rings. The number of carbonyl (C=O) groups is 1. The number of rotatable bonds is 10. The zero-order valence-electron chi connectivity index (χ0n) is 17.9. The van der Waals surface area contributed by atoms with Crippen LogP contribution in [-0.4, -0.2) is 28.0 Å². The molecule has 7 nitrogen and oxygen atoms in total. The third-order valence-electron chi connectivity index (χ3n) is 4.78. The van der Waals surface area contributed by atoms with Crippen LogP contribution in [0.3, 0.4) is 0 Å². The van der Waals surface area contributed by atoms with Gasteiger partial charge in [0.25, 0.3) is 5.91 Å². The Kier molecular flexibility index (Phi) is 7.86. The van der Waals surface area contributed by atoms with Crippen LogP contribution >= 0.6 is 0 Å². The van der Waals surface area contributed by atoms with E-state index in [1.54, 1.807) is 14.0 Å². The number of sulfonamides is 1. The van der Waals surface area contributed by atoms with E-state index in [0.29, 0.717) is 12.3 Å². The summed E-state index contributed by atoms with van der Waals surface area (Å²) in [5, 5.41) is 2.77. The molecule has 0 aliphatic carbocycles. The summed E-state index contributed by atoms with van der Waals surface area (Å²) in [7, 11) is -2.10. The Balaban J connectivity index is 1.49. The lowest BCUT2D eigenvalue weighted by atomic mass is 10.1. The lowest BCUT2D eigenvalue weighted by molar-refractivity contribution is -0.123. The molecule has 1 amide bonds. The van der Waals surface area contributed by atoms with Gasteiger partial charge in [-0.15, -0.1) is 0 Å². The molecule has 0 heterocycles. The number of nitrogens with one attached hydrogen (secondary N) is 2. The first-order valence-corrected chi connectivity index (χ1v) is 11.6. The van der Waals surface area contributed by atoms with E-state index >= 15 is 0 Å². The van der Waals surface area contributed by atoms with E-state index in [1.807, 2.05) is 54.6 Å². The van der Waals surface area contributed by atoms with Crippen molar-refractivity contribution >= 4 is 15.9 Å². The predicted octanol–water partition coefficient (Wildman–Crippen LogP) is 3.43. The van der Waals surface area contributed by atoms with Crippen LogP contribution in [0, 0.1) is 0 Å². The van der Waals surface area contributed by atoms with Gasteiger partial charge >= 0.3 is 0 Å². The van der Waals surface area contributed by atoms with Gasteiger partial charge in [-0.2, -0.15) is 0 Å². The monoisotopic (exact) mass is 454 g/mol. The normalized spacial score (nSPS) is 12.1. The van der Waals surface area contributed by atoms with E-state index in [1.165, 1.54) is 24.3 Å². The van der Waals surface area contributed by atoms with Crippen LogP contribution in [0.2, 0.25) is 0 Å². The van der Waals surface area contributed by atoms with Gasteiger partial charge in [0.05, 0.1) is 12.0 Å². The Hall–Kier alpha value is -3.36. The highest BCUT2D eigenvalue weighted by Crippen LogP contribution is 2.19. The topological polar surface area (TPSA) is 93.7 Å². The molecular weight excluding hydrogens is 428 g/mol. The molecule has 3 aromatic carbocycles. The molecule has 0 saturated heterocycles. The molecule has 0 radical (unpaired) electrons. The average Bonchev–Trinajstić information content (AvgIpc) is 2.82. The van der Waals surface area contributed by atoms with Gasteiger partial charge in [-0.1, -0.05) is 42.5 Å². The first-order valence-electron chi connectivity index (χ1n) is 10.1.